The van der Waals surface area contributed by atoms with E-state index in [2.05, 4.69) is 0 Å². The summed E-state index contributed by atoms with van der Waals surface area (Å²) in [5, 5.41) is 17.9. The average molecular weight is 404 g/mol. The number of carbonyl (C=O) groups is 4. The molecule has 0 rings (SSSR count). The van der Waals surface area contributed by atoms with Gasteiger partial charge in [0, 0.05) is 12.2 Å². The SMILES string of the molecule is C[N+](C)(C)C[C@H](CC(=O)O)OC(=O)/C=C/C(=O)O[C@@H](CC(=O)O)C[N+](C)(C)C. The molecule has 0 aliphatic rings. The maximum atomic E-state index is 11.9. The first kappa shape index (κ1) is 25.5. The molecule has 160 valence electrons. The molecule has 10 nitrogen and oxygen atoms in total. The minimum atomic E-state index is -1.11. The number of carboxylic acid groups (broad SMARTS) is 2. The third-order valence-electron chi connectivity index (χ3n) is 3.23. The fourth-order valence-corrected chi connectivity index (χ4v) is 2.44. The van der Waals surface area contributed by atoms with Crippen molar-refractivity contribution in [1.82, 2.24) is 0 Å². The van der Waals surface area contributed by atoms with E-state index in [1.54, 1.807) is 0 Å². The molecule has 0 spiro atoms. The van der Waals surface area contributed by atoms with E-state index >= 15 is 0 Å². The molecule has 0 bridgehead atoms. The van der Waals surface area contributed by atoms with E-state index in [9.17, 15) is 19.2 Å². The number of nitrogens with zero attached hydrogens (tertiary/aromatic N) is 2. The second-order valence-electron chi connectivity index (χ2n) is 8.59. The van der Waals surface area contributed by atoms with Gasteiger partial charge >= 0.3 is 23.9 Å². The number of likely N-dealkylation sites (N-methyl/N-ethyl adjacent to an activating group) is 2. The lowest BCUT2D eigenvalue weighted by molar-refractivity contribution is -0.873. The van der Waals surface area contributed by atoms with Crippen molar-refractivity contribution in [2.45, 2.75) is 25.0 Å². The maximum Gasteiger partial charge on any atom is 0.331 e. The smallest absolute Gasteiger partial charge is 0.331 e. The number of carboxylic acids is 2. The molecule has 0 unspecified atom stereocenters. The summed E-state index contributed by atoms with van der Waals surface area (Å²) in [5.41, 5.74) is 0. The summed E-state index contributed by atoms with van der Waals surface area (Å²) in [7, 11) is 11.0. The predicted octanol–water partition coefficient (Wildman–Crippen LogP) is -0.272. The zero-order valence-electron chi connectivity index (χ0n) is 17.4. The summed E-state index contributed by atoms with van der Waals surface area (Å²) in [4.78, 5) is 45.7. The van der Waals surface area contributed by atoms with Crippen LogP contribution in [0, 0.1) is 0 Å². The van der Waals surface area contributed by atoms with Crippen molar-refractivity contribution in [3.63, 3.8) is 0 Å². The molecule has 0 aliphatic carbocycles. The molecule has 2 atom stereocenters. The van der Waals surface area contributed by atoms with Crippen molar-refractivity contribution in [2.24, 2.45) is 0 Å². The number of rotatable bonds is 12. The summed E-state index contributed by atoms with van der Waals surface area (Å²) in [6.45, 7) is 0.557. The Morgan fingerprint density at radius 2 is 1.00 bits per heavy atom. The van der Waals surface area contributed by atoms with Crippen LogP contribution in [0.1, 0.15) is 12.8 Å². The molecule has 0 aromatic carbocycles. The molecule has 0 aromatic heterocycles. The van der Waals surface area contributed by atoms with Gasteiger partial charge in [-0.3, -0.25) is 9.59 Å². The Morgan fingerprint density at radius 3 is 1.21 bits per heavy atom. The van der Waals surface area contributed by atoms with E-state index in [-0.39, 0.29) is 25.9 Å². The van der Waals surface area contributed by atoms with Gasteiger partial charge in [-0.1, -0.05) is 0 Å². The third kappa shape index (κ3) is 14.7. The second kappa shape index (κ2) is 10.8. The average Bonchev–Trinajstić information content (AvgIpc) is 2.39. The predicted molar refractivity (Wildman–Crippen MR) is 99.2 cm³/mol. The van der Waals surface area contributed by atoms with E-state index in [1.807, 2.05) is 42.3 Å². The molecular weight excluding hydrogens is 372 g/mol. The molecule has 10 heteroatoms. The highest BCUT2D eigenvalue weighted by atomic mass is 16.6. The normalized spacial score (nSPS) is 14.4. The van der Waals surface area contributed by atoms with Gasteiger partial charge in [0.25, 0.3) is 0 Å². The van der Waals surface area contributed by atoms with Crippen molar-refractivity contribution in [1.29, 1.82) is 0 Å². The van der Waals surface area contributed by atoms with Crippen LogP contribution in [0.15, 0.2) is 12.2 Å². The van der Waals surface area contributed by atoms with E-state index in [4.69, 9.17) is 19.7 Å². The molecule has 0 amide bonds. The molecule has 2 N–H and O–H groups in total. The zero-order valence-corrected chi connectivity index (χ0v) is 17.4. The minimum absolute atomic E-state index is 0.278. The molecule has 0 aliphatic heterocycles. The van der Waals surface area contributed by atoms with E-state index in [1.165, 1.54) is 0 Å². The van der Waals surface area contributed by atoms with Crippen molar-refractivity contribution in [3.05, 3.63) is 12.2 Å². The lowest BCUT2D eigenvalue weighted by Gasteiger charge is -2.28. The van der Waals surface area contributed by atoms with E-state index < -0.39 is 36.1 Å². The van der Waals surface area contributed by atoms with Crippen LogP contribution >= 0.6 is 0 Å². The van der Waals surface area contributed by atoms with Gasteiger partial charge in [0.15, 0.2) is 12.2 Å². The molecule has 0 radical (unpaired) electrons. The number of quaternary nitrogens is 2. The third-order valence-corrected chi connectivity index (χ3v) is 3.23. The van der Waals surface area contributed by atoms with Crippen LogP contribution in [0.25, 0.3) is 0 Å². The Hall–Kier alpha value is -2.46. The fourth-order valence-electron chi connectivity index (χ4n) is 2.44. The van der Waals surface area contributed by atoms with Crippen LogP contribution in [0.4, 0.5) is 0 Å². The van der Waals surface area contributed by atoms with Crippen LogP contribution in [0.5, 0.6) is 0 Å². The van der Waals surface area contributed by atoms with Crippen LogP contribution in [0.2, 0.25) is 0 Å². The van der Waals surface area contributed by atoms with Crippen molar-refractivity contribution >= 4 is 23.9 Å². The van der Waals surface area contributed by atoms with Crippen molar-refractivity contribution in [3.8, 4) is 0 Å². The first-order valence-corrected chi connectivity index (χ1v) is 8.71. The first-order valence-electron chi connectivity index (χ1n) is 8.71. The molecule has 28 heavy (non-hydrogen) atoms. The standard InChI is InChI=1S/C18H30N2O8/c1-19(2,3)11-13(9-15(21)22)27-17(25)7-8-18(26)28-14(10-16(23)24)12-20(4,5)6/h7-8,13-14H,9-12H2,1-6H3/p+2/b8-7+/t13-,14-/m0/s1. The Kier molecular flexibility index (Phi) is 9.82. The molecule has 0 saturated heterocycles. The number of hydrogen-bond donors (Lipinski definition) is 2. The van der Waals surface area contributed by atoms with Crippen LogP contribution in [-0.4, -0.2) is 111 Å². The van der Waals surface area contributed by atoms with Gasteiger partial charge in [0.1, 0.15) is 13.1 Å². The summed E-state index contributed by atoms with van der Waals surface area (Å²) >= 11 is 0. The van der Waals surface area contributed by atoms with Gasteiger partial charge in [-0.15, -0.1) is 0 Å². The number of aliphatic carboxylic acids is 2. The summed E-state index contributed by atoms with van der Waals surface area (Å²) < 4.78 is 11.0. The molecular formula is C18H32N2O8+2. The highest BCUT2D eigenvalue weighted by Crippen LogP contribution is 2.08. The molecule has 0 saturated carbocycles. The lowest BCUT2D eigenvalue weighted by Crippen LogP contribution is -2.44. The quantitative estimate of drug-likeness (QED) is 0.258. The van der Waals surface area contributed by atoms with Gasteiger partial charge < -0.3 is 28.7 Å². The first-order chi connectivity index (χ1) is 12.6. The largest absolute Gasteiger partial charge is 0.481 e. The zero-order chi connectivity index (χ0) is 22.1. The molecule has 0 heterocycles. The number of ether oxygens (including phenoxy) is 2. The highest BCUT2D eigenvalue weighted by molar-refractivity contribution is 5.92. The summed E-state index contributed by atoms with van der Waals surface area (Å²) in [6, 6.07) is 0. The van der Waals surface area contributed by atoms with Gasteiger partial charge in [-0.05, 0) is 0 Å². The monoisotopic (exact) mass is 404 g/mol. The van der Waals surface area contributed by atoms with E-state index in [0.717, 1.165) is 12.2 Å². The minimum Gasteiger partial charge on any atom is -0.481 e. The topological polar surface area (TPSA) is 127 Å². The van der Waals surface area contributed by atoms with Crippen molar-refractivity contribution in [2.75, 3.05) is 55.4 Å². The van der Waals surface area contributed by atoms with Gasteiger partial charge in [-0.2, -0.15) is 0 Å². The molecule has 0 fully saturated rings. The Morgan fingerprint density at radius 1 is 0.714 bits per heavy atom. The Bertz CT molecular complexity index is 550. The van der Waals surface area contributed by atoms with Crippen LogP contribution in [-0.2, 0) is 28.7 Å². The lowest BCUT2D eigenvalue weighted by atomic mass is 10.2. The number of carbonyl (C=O) groups excluding carboxylic acids is 2. The van der Waals surface area contributed by atoms with Crippen LogP contribution < -0.4 is 0 Å². The maximum absolute atomic E-state index is 11.9. The number of esters is 2. The fraction of sp³-hybridized carbons (Fsp3) is 0.667. The summed E-state index contributed by atoms with van der Waals surface area (Å²) in [6.07, 6.45) is -0.743. The summed E-state index contributed by atoms with van der Waals surface area (Å²) in [5.74, 6) is -3.96. The van der Waals surface area contributed by atoms with Gasteiger partial charge in [0.05, 0.1) is 55.1 Å². The number of hydrogen-bond acceptors (Lipinski definition) is 6. The van der Waals surface area contributed by atoms with Gasteiger partial charge in [-0.25, -0.2) is 9.59 Å². The van der Waals surface area contributed by atoms with Crippen molar-refractivity contribution < 1.29 is 47.8 Å². The Balaban J connectivity index is 4.87. The van der Waals surface area contributed by atoms with Crippen LogP contribution in [0.3, 0.4) is 0 Å². The Labute approximate surface area is 165 Å². The molecule has 0 aromatic rings. The van der Waals surface area contributed by atoms with Gasteiger partial charge in [0.2, 0.25) is 0 Å². The highest BCUT2D eigenvalue weighted by Gasteiger charge is 2.25. The second-order valence-corrected chi connectivity index (χ2v) is 8.59. The van der Waals surface area contributed by atoms with E-state index in [0.29, 0.717) is 8.97 Å².